The van der Waals surface area contributed by atoms with E-state index in [0.29, 0.717) is 12.1 Å². The van der Waals surface area contributed by atoms with Crippen molar-refractivity contribution in [3.8, 4) is 0 Å². The highest BCUT2D eigenvalue weighted by molar-refractivity contribution is 7.80. The number of amides is 1. The number of hydrogen-bond acceptors (Lipinski definition) is 4. The van der Waals surface area contributed by atoms with Crippen LogP contribution in [0.25, 0.3) is 0 Å². The second-order valence-corrected chi connectivity index (χ2v) is 5.27. The maximum Gasteiger partial charge on any atom is 0.251 e. The van der Waals surface area contributed by atoms with Gasteiger partial charge in [0.1, 0.15) is 5.78 Å². The zero-order valence-corrected chi connectivity index (χ0v) is 16.9. The molecule has 0 fully saturated rings. The molecule has 0 bridgehead atoms. The molecular weight excluding hydrogens is 320 g/mol. The van der Waals surface area contributed by atoms with Crippen molar-refractivity contribution in [3.63, 3.8) is 0 Å². The molecule has 0 heterocycles. The number of thiol groups is 1. The van der Waals surface area contributed by atoms with Crippen molar-refractivity contribution >= 4 is 24.3 Å². The van der Waals surface area contributed by atoms with Gasteiger partial charge in [0.25, 0.3) is 5.91 Å². The number of carbonyl (C=O) groups excluding carboxylic acids is 2. The van der Waals surface area contributed by atoms with Crippen molar-refractivity contribution in [2.45, 2.75) is 64.8 Å². The number of nitrogens with one attached hydrogen (secondary N) is 2. The van der Waals surface area contributed by atoms with Gasteiger partial charge in [-0.25, -0.2) is 0 Å². The fourth-order valence-electron chi connectivity index (χ4n) is 1.94. The van der Waals surface area contributed by atoms with E-state index in [1.165, 1.54) is 0 Å². The maximum absolute atomic E-state index is 11.8. The van der Waals surface area contributed by atoms with E-state index in [4.69, 9.17) is 0 Å². The quantitative estimate of drug-likeness (QED) is 0.486. The molecule has 1 aromatic rings. The van der Waals surface area contributed by atoms with E-state index in [-0.39, 0.29) is 17.7 Å². The number of unbranched alkanes of at least 4 members (excludes halogenated alkanes) is 1. The Morgan fingerprint density at radius 2 is 1.58 bits per heavy atom. The topological polar surface area (TPSA) is 58.2 Å². The molecule has 2 N–H and O–H groups in total. The third-order valence-electron chi connectivity index (χ3n) is 3.17. The lowest BCUT2D eigenvalue weighted by Gasteiger charge is -2.12. The van der Waals surface area contributed by atoms with Gasteiger partial charge in [-0.2, -0.15) is 0 Å². The summed E-state index contributed by atoms with van der Waals surface area (Å²) in [7, 11) is 1.79. The molecule has 138 valence electrons. The minimum absolute atomic E-state index is 0.0740. The van der Waals surface area contributed by atoms with E-state index < -0.39 is 0 Å². The average Bonchev–Trinajstić information content (AvgIpc) is 2.61. The van der Waals surface area contributed by atoms with Crippen LogP contribution in [0, 0.1) is 0 Å². The van der Waals surface area contributed by atoms with Gasteiger partial charge < -0.3 is 10.6 Å². The molecule has 0 saturated heterocycles. The Kier molecular flexibility index (Phi) is 17.2. The van der Waals surface area contributed by atoms with Gasteiger partial charge in [-0.15, -0.1) is 12.6 Å². The van der Waals surface area contributed by atoms with Crippen LogP contribution in [-0.2, 0) is 4.79 Å². The molecule has 1 amide bonds. The average molecular weight is 355 g/mol. The van der Waals surface area contributed by atoms with Crippen molar-refractivity contribution in [3.05, 3.63) is 29.8 Å². The second-order valence-electron chi connectivity index (χ2n) is 4.75. The smallest absolute Gasteiger partial charge is 0.251 e. The lowest BCUT2D eigenvalue weighted by atomic mass is 10.1. The van der Waals surface area contributed by atoms with Gasteiger partial charge in [-0.1, -0.05) is 27.7 Å². The second kappa shape index (κ2) is 16.5. The van der Waals surface area contributed by atoms with Crippen LogP contribution < -0.4 is 10.6 Å². The molecule has 0 aromatic heterocycles. The Hall–Kier alpha value is -1.33. The first-order chi connectivity index (χ1) is 11.5. The van der Waals surface area contributed by atoms with Crippen molar-refractivity contribution in [2.24, 2.45) is 0 Å². The van der Waals surface area contributed by atoms with Crippen LogP contribution in [0.4, 0.5) is 0 Å². The van der Waals surface area contributed by atoms with Crippen molar-refractivity contribution in [1.82, 2.24) is 10.6 Å². The molecule has 0 spiro atoms. The first-order valence-electron chi connectivity index (χ1n) is 8.79. The van der Waals surface area contributed by atoms with Crippen LogP contribution in [0.3, 0.4) is 0 Å². The van der Waals surface area contributed by atoms with Crippen molar-refractivity contribution < 1.29 is 9.59 Å². The highest BCUT2D eigenvalue weighted by Gasteiger charge is 2.10. The molecule has 0 radical (unpaired) electrons. The van der Waals surface area contributed by atoms with E-state index in [2.05, 4.69) is 23.3 Å². The largest absolute Gasteiger partial charge is 0.352 e. The zero-order chi connectivity index (χ0) is 19.0. The molecule has 0 aliphatic carbocycles. The summed E-state index contributed by atoms with van der Waals surface area (Å²) in [5.74, 6) is 0.0819. The Labute approximate surface area is 153 Å². The summed E-state index contributed by atoms with van der Waals surface area (Å²) >= 11 is 4.18. The lowest BCUT2D eigenvalue weighted by Crippen LogP contribution is -2.32. The summed E-state index contributed by atoms with van der Waals surface area (Å²) in [6.07, 6.45) is 2.57. The first kappa shape index (κ1) is 24.9. The molecule has 0 aliphatic rings. The standard InChI is InChI=1S/C15H22N2O2S.2C2H6/c1-11(18)14(16-2)5-3-4-10-17-15(19)12-6-8-13(20)9-7-12;2*1-2/h6-9,14,16,20H,3-5,10H2,1-2H3,(H,17,19);2*1-2H3. The highest BCUT2D eigenvalue weighted by atomic mass is 32.1. The molecule has 1 aromatic carbocycles. The first-order valence-corrected chi connectivity index (χ1v) is 9.24. The summed E-state index contributed by atoms with van der Waals surface area (Å²) in [4.78, 5) is 23.9. The minimum atomic E-state index is -0.0753. The summed E-state index contributed by atoms with van der Waals surface area (Å²) < 4.78 is 0. The SMILES string of the molecule is CC.CC.CNC(CCCCNC(=O)c1ccc(S)cc1)C(C)=O. The number of benzene rings is 1. The van der Waals surface area contributed by atoms with Gasteiger partial charge in [0.05, 0.1) is 6.04 Å². The maximum atomic E-state index is 11.8. The number of carbonyl (C=O) groups is 2. The summed E-state index contributed by atoms with van der Waals surface area (Å²) in [5, 5.41) is 5.86. The van der Waals surface area contributed by atoms with E-state index >= 15 is 0 Å². The molecule has 1 atom stereocenters. The third-order valence-corrected chi connectivity index (χ3v) is 3.47. The summed E-state index contributed by atoms with van der Waals surface area (Å²) in [6, 6.07) is 7.02. The monoisotopic (exact) mass is 354 g/mol. The molecular formula is C19H34N2O2S. The predicted molar refractivity (Wildman–Crippen MR) is 106 cm³/mol. The van der Waals surface area contributed by atoms with Gasteiger partial charge in [0.2, 0.25) is 0 Å². The van der Waals surface area contributed by atoms with Gasteiger partial charge in [-0.3, -0.25) is 9.59 Å². The van der Waals surface area contributed by atoms with Crippen molar-refractivity contribution in [1.29, 1.82) is 0 Å². The Morgan fingerprint density at radius 1 is 1.04 bits per heavy atom. The number of hydrogen-bond donors (Lipinski definition) is 3. The minimum Gasteiger partial charge on any atom is -0.352 e. The van der Waals surface area contributed by atoms with Gasteiger partial charge >= 0.3 is 0 Å². The molecule has 0 saturated carbocycles. The molecule has 5 heteroatoms. The van der Waals surface area contributed by atoms with E-state index in [1.54, 1.807) is 38.2 Å². The van der Waals surface area contributed by atoms with Crippen LogP contribution in [0.2, 0.25) is 0 Å². The Bertz CT molecular complexity index is 447. The predicted octanol–water partition coefficient (Wildman–Crippen LogP) is 4.10. The van der Waals surface area contributed by atoms with Crippen molar-refractivity contribution in [2.75, 3.05) is 13.6 Å². The molecule has 24 heavy (non-hydrogen) atoms. The van der Waals surface area contributed by atoms with Crippen LogP contribution in [0.15, 0.2) is 29.2 Å². The lowest BCUT2D eigenvalue weighted by molar-refractivity contribution is -0.119. The number of ketones is 1. The summed E-state index contributed by atoms with van der Waals surface area (Å²) in [5.41, 5.74) is 0.639. The van der Waals surface area contributed by atoms with Crippen LogP contribution in [0.5, 0.6) is 0 Å². The highest BCUT2D eigenvalue weighted by Crippen LogP contribution is 2.07. The molecule has 4 nitrogen and oxygen atoms in total. The third kappa shape index (κ3) is 11.2. The van der Waals surface area contributed by atoms with Crippen LogP contribution >= 0.6 is 12.6 Å². The van der Waals surface area contributed by atoms with Crippen LogP contribution in [0.1, 0.15) is 64.2 Å². The van der Waals surface area contributed by atoms with Crippen LogP contribution in [-0.4, -0.2) is 31.3 Å². The fraction of sp³-hybridized carbons (Fsp3) is 0.579. The van der Waals surface area contributed by atoms with E-state index in [9.17, 15) is 9.59 Å². The number of Topliss-reactive ketones (excluding diaryl/α,β-unsaturated/α-hetero) is 1. The van der Waals surface area contributed by atoms with Gasteiger partial charge in [-0.05, 0) is 57.5 Å². The zero-order valence-electron chi connectivity index (χ0n) is 16.0. The summed E-state index contributed by atoms with van der Waals surface area (Å²) in [6.45, 7) is 10.2. The molecule has 0 aliphatic heterocycles. The number of likely N-dealkylation sites (N-methyl/N-ethyl adjacent to an activating group) is 1. The molecule has 1 unspecified atom stereocenters. The fourth-order valence-corrected chi connectivity index (χ4v) is 2.09. The van der Waals surface area contributed by atoms with Gasteiger partial charge in [0, 0.05) is 17.0 Å². The van der Waals surface area contributed by atoms with E-state index in [1.807, 2.05) is 27.7 Å². The normalized spacial score (nSPS) is 10.5. The van der Waals surface area contributed by atoms with E-state index in [0.717, 1.165) is 24.2 Å². The number of rotatable bonds is 8. The van der Waals surface area contributed by atoms with Gasteiger partial charge in [0.15, 0.2) is 0 Å². The Balaban J connectivity index is 0. The molecule has 1 rings (SSSR count). The Morgan fingerprint density at radius 3 is 2.04 bits per heavy atom.